The first-order chi connectivity index (χ1) is 12.2. The Morgan fingerprint density at radius 2 is 1.92 bits per heavy atom. The Balaban J connectivity index is 0.000000195. The maximum Gasteiger partial charge on any atom is 0.0991 e. The molecule has 8 heteroatoms. The second kappa shape index (κ2) is 8.24. The van der Waals surface area contributed by atoms with Crippen molar-refractivity contribution in [2.24, 2.45) is 0 Å². The smallest absolute Gasteiger partial charge is 0.0991 e. The van der Waals surface area contributed by atoms with Gasteiger partial charge < -0.3 is 0 Å². The maximum atomic E-state index is 10.9. The van der Waals surface area contributed by atoms with Crippen LogP contribution in [0.5, 0.6) is 5.75 Å². The molecule has 4 N–H and O–H groups in total. The summed E-state index contributed by atoms with van der Waals surface area (Å²) in [4.78, 5) is 10.7. The minimum absolute atomic E-state index is 0.285. The summed E-state index contributed by atoms with van der Waals surface area (Å²) in [5.74, 6) is -0.0965. The zero-order valence-electron chi connectivity index (χ0n) is 14.1. The summed E-state index contributed by atoms with van der Waals surface area (Å²) in [5.41, 5.74) is 2.41. The number of hydrogen-bond acceptors (Lipinski definition) is 4. The number of rotatable bonds is 3. The van der Waals surface area contributed by atoms with Gasteiger partial charge in [-0.3, -0.25) is 0 Å². The van der Waals surface area contributed by atoms with Gasteiger partial charge in [-0.1, -0.05) is 12.1 Å². The van der Waals surface area contributed by atoms with E-state index in [1.165, 1.54) is 31.4 Å². The fourth-order valence-electron chi connectivity index (χ4n) is 2.33. The minimum atomic E-state index is -5.09. The molecule has 0 heterocycles. The molecule has 7 nitrogen and oxygen atoms in total. The number of nitrogens with zero attached hydrogens (tertiary/aromatic N) is 1. The molecule has 1 saturated carbocycles. The zero-order chi connectivity index (χ0) is 19.3. The molecule has 0 aliphatic heterocycles. The first-order valence-electron chi connectivity index (χ1n) is 7.87. The number of amides is 1. The van der Waals surface area contributed by atoms with Gasteiger partial charge in [-0.2, -0.15) is 5.26 Å². The molecule has 136 valence electrons. The summed E-state index contributed by atoms with van der Waals surface area (Å²) in [6, 6.07) is 13.6. The van der Waals surface area contributed by atoms with Crippen LogP contribution in [0.1, 0.15) is 36.8 Å². The van der Waals surface area contributed by atoms with E-state index in [0.717, 1.165) is 23.6 Å². The van der Waals surface area contributed by atoms with Crippen molar-refractivity contribution < 1.29 is 21.8 Å². The number of benzene rings is 2. The van der Waals surface area contributed by atoms with Crippen LogP contribution in [0.2, 0.25) is 0 Å². The first kappa shape index (κ1) is 19.8. The van der Waals surface area contributed by atoms with Crippen LogP contribution in [-0.2, 0) is 8.53 Å². The van der Waals surface area contributed by atoms with Gasteiger partial charge >= 0.3 is 88.1 Å². The minimum Gasteiger partial charge on any atom is -0.192 e. The topological polar surface area (TPSA) is 131 Å². The maximum absolute atomic E-state index is 10.9. The van der Waals surface area contributed by atoms with Crippen LogP contribution in [0.4, 0.5) is 5.69 Å². The quantitative estimate of drug-likeness (QED) is 0.557. The van der Waals surface area contributed by atoms with Crippen molar-refractivity contribution in [2.75, 3.05) is 5.32 Å². The molecular weight excluding hydrogens is 399 g/mol. The molecule has 0 aromatic heterocycles. The number of aromatic hydroxyl groups is 1. The fraction of sp³-hybridized carbons (Fsp3) is 0.222. The molecule has 0 saturated heterocycles. The number of nitrogens with one attached hydrogen (secondary N) is 1. The molecular formula is C18H19AsN2O5. The zero-order valence-corrected chi connectivity index (χ0v) is 16.0. The largest absolute Gasteiger partial charge is 0.192 e. The first-order valence-corrected chi connectivity index (χ1v) is 11.3. The number of phenols is 1. The average molecular weight is 418 g/mol. The Bertz CT molecular complexity index is 897. The Morgan fingerprint density at radius 1 is 1.23 bits per heavy atom. The Morgan fingerprint density at radius 3 is 2.42 bits per heavy atom. The molecule has 0 spiro atoms. The van der Waals surface area contributed by atoms with Crippen molar-refractivity contribution in [1.29, 1.82) is 5.26 Å². The number of hydrogen-bond donors (Lipinski definition) is 4. The molecule has 1 amide bonds. The van der Waals surface area contributed by atoms with Crippen LogP contribution in [0, 0.1) is 11.3 Å². The molecule has 0 atom stereocenters. The van der Waals surface area contributed by atoms with Crippen molar-refractivity contribution in [3.8, 4) is 11.8 Å². The predicted octanol–water partition coefficient (Wildman–Crippen LogP) is 1.35. The van der Waals surface area contributed by atoms with E-state index in [2.05, 4.69) is 17.5 Å². The van der Waals surface area contributed by atoms with E-state index in [9.17, 15) is 13.6 Å². The number of anilines is 1. The molecule has 1 aliphatic rings. The Kier molecular flexibility index (Phi) is 6.27. The standard InChI is InChI=1S/C10H9N.C8H10AsNO5/c11-7-8-2-1-3-10(6-8)9-4-5-9;1-5(11)10-6-2-3-7(8(12)4-6)9(13,14)15/h1-3,6,9H,4-5H2;2-4,12H,1H3,(H,10,11)(H2,13,14,15). The number of phenolic OH excluding ortho intramolecular Hbond substituents is 1. The summed E-state index contributed by atoms with van der Waals surface area (Å²) in [6.45, 7) is 1.29. The molecule has 0 unspecified atom stereocenters. The van der Waals surface area contributed by atoms with E-state index >= 15 is 0 Å². The SMILES string of the molecule is CC(=O)Nc1ccc([As](=O)(O)O)c(O)c1.N#Cc1cccc(C2CC2)c1. The molecule has 3 rings (SSSR count). The summed E-state index contributed by atoms with van der Waals surface area (Å²) < 4.78 is 28.2. The van der Waals surface area contributed by atoms with Gasteiger partial charge in [0.2, 0.25) is 0 Å². The van der Waals surface area contributed by atoms with Crippen LogP contribution in [0.3, 0.4) is 0 Å². The summed E-state index contributed by atoms with van der Waals surface area (Å²) >= 11 is -5.09. The monoisotopic (exact) mass is 418 g/mol. The second-order valence-electron chi connectivity index (χ2n) is 5.94. The molecule has 1 aliphatic carbocycles. The van der Waals surface area contributed by atoms with Crippen molar-refractivity contribution >= 4 is 30.1 Å². The number of nitriles is 1. The van der Waals surface area contributed by atoms with E-state index < -0.39 is 24.3 Å². The van der Waals surface area contributed by atoms with Gasteiger partial charge in [-0.25, -0.2) is 0 Å². The molecule has 26 heavy (non-hydrogen) atoms. The van der Waals surface area contributed by atoms with Crippen molar-refractivity contribution in [3.05, 3.63) is 53.6 Å². The summed E-state index contributed by atoms with van der Waals surface area (Å²) in [5, 5.41) is 20.3. The molecule has 1 fully saturated rings. The van der Waals surface area contributed by atoms with E-state index in [-0.39, 0.29) is 11.6 Å². The predicted molar refractivity (Wildman–Crippen MR) is 96.1 cm³/mol. The van der Waals surface area contributed by atoms with Crippen LogP contribution in [0.15, 0.2) is 42.5 Å². The molecule has 2 aromatic carbocycles. The van der Waals surface area contributed by atoms with Crippen LogP contribution in [0.25, 0.3) is 0 Å². The van der Waals surface area contributed by atoms with E-state index in [1.807, 2.05) is 18.2 Å². The van der Waals surface area contributed by atoms with E-state index in [4.69, 9.17) is 13.5 Å². The van der Waals surface area contributed by atoms with E-state index in [1.54, 1.807) is 0 Å². The third-order valence-corrected chi connectivity index (χ3v) is 5.78. The molecule has 2 aromatic rings. The number of carbonyl (C=O) groups is 1. The molecule has 0 radical (unpaired) electrons. The van der Waals surface area contributed by atoms with Crippen LogP contribution < -0.4 is 9.67 Å². The van der Waals surface area contributed by atoms with Crippen LogP contribution >= 0.6 is 0 Å². The second-order valence-corrected chi connectivity index (χ2v) is 9.23. The van der Waals surface area contributed by atoms with Gasteiger partial charge in [0, 0.05) is 0 Å². The average Bonchev–Trinajstić information content (AvgIpc) is 3.39. The Hall–Kier alpha value is -2.52. The third kappa shape index (κ3) is 5.78. The molecule has 0 bridgehead atoms. The third-order valence-electron chi connectivity index (χ3n) is 3.67. The summed E-state index contributed by atoms with van der Waals surface area (Å²) in [7, 11) is 0. The van der Waals surface area contributed by atoms with E-state index in [0.29, 0.717) is 0 Å². The fourth-order valence-corrected chi connectivity index (χ4v) is 3.65. The normalized spacial score (nSPS) is 13.2. The van der Waals surface area contributed by atoms with Gasteiger partial charge in [0.15, 0.2) is 0 Å². The van der Waals surface area contributed by atoms with Crippen molar-refractivity contribution in [2.45, 2.75) is 25.7 Å². The Labute approximate surface area is 153 Å². The van der Waals surface area contributed by atoms with Crippen LogP contribution in [-0.4, -0.2) is 33.4 Å². The number of carbonyl (C=O) groups excluding carboxylic acids is 1. The summed E-state index contributed by atoms with van der Waals surface area (Å²) in [6.07, 6.45) is 2.60. The van der Waals surface area contributed by atoms with Gasteiger partial charge in [-0.05, 0) is 36.5 Å². The van der Waals surface area contributed by atoms with Crippen molar-refractivity contribution in [1.82, 2.24) is 0 Å². The van der Waals surface area contributed by atoms with Gasteiger partial charge in [-0.15, -0.1) is 0 Å². The van der Waals surface area contributed by atoms with Gasteiger partial charge in [0.1, 0.15) is 0 Å². The van der Waals surface area contributed by atoms with Crippen molar-refractivity contribution in [3.63, 3.8) is 0 Å². The van der Waals surface area contributed by atoms with Gasteiger partial charge in [0.05, 0.1) is 11.6 Å². The van der Waals surface area contributed by atoms with Gasteiger partial charge in [0.25, 0.3) is 0 Å².